The molecular formula is C13H15NO3. The van der Waals surface area contributed by atoms with Gasteiger partial charge in [-0.1, -0.05) is 18.2 Å². The fourth-order valence-corrected chi connectivity index (χ4v) is 2.09. The number of hydrogen-bond acceptors (Lipinski definition) is 2. The zero-order chi connectivity index (χ0) is 12.5. The Bertz CT molecular complexity index is 437. The number of hydrogen-bond donors (Lipinski definition) is 1. The lowest BCUT2D eigenvalue weighted by Crippen LogP contribution is -2.47. The summed E-state index contributed by atoms with van der Waals surface area (Å²) in [6.07, 6.45) is 1.10. The van der Waals surface area contributed by atoms with E-state index in [1.807, 2.05) is 13.0 Å². The number of carbonyl (C=O) groups excluding carboxylic acids is 1. The smallest absolute Gasteiger partial charge is 0.329 e. The number of nitrogens with zero attached hydrogens (tertiary/aromatic N) is 1. The fraction of sp³-hybridized carbons (Fsp3) is 0.385. The molecule has 0 heterocycles. The van der Waals surface area contributed by atoms with Gasteiger partial charge in [0.25, 0.3) is 5.91 Å². The highest BCUT2D eigenvalue weighted by Crippen LogP contribution is 2.42. The summed E-state index contributed by atoms with van der Waals surface area (Å²) in [7, 11) is 0. The number of rotatable bonds is 4. The molecule has 1 fully saturated rings. The predicted octanol–water partition coefficient (Wildman–Crippen LogP) is 1.77. The summed E-state index contributed by atoms with van der Waals surface area (Å²) in [5.74, 6) is -1.10. The molecule has 0 spiro atoms. The Hall–Kier alpha value is -1.84. The van der Waals surface area contributed by atoms with Crippen LogP contribution in [0.5, 0.6) is 0 Å². The number of benzene rings is 1. The maximum Gasteiger partial charge on any atom is 0.329 e. The molecule has 1 aliphatic carbocycles. The van der Waals surface area contributed by atoms with Crippen LogP contribution in [0.1, 0.15) is 30.1 Å². The standard InChI is InChI=1S/C13H15NO3/c1-2-14(13(8-9-13)12(16)17)11(15)10-6-4-3-5-7-10/h3-7H,2,8-9H2,1H3,(H,16,17). The van der Waals surface area contributed by atoms with E-state index in [0.717, 1.165) is 0 Å². The number of amides is 1. The molecule has 1 aromatic rings. The lowest BCUT2D eigenvalue weighted by Gasteiger charge is -2.27. The van der Waals surface area contributed by atoms with Crippen LogP contribution in [-0.2, 0) is 4.79 Å². The molecule has 1 aromatic carbocycles. The minimum absolute atomic E-state index is 0.201. The van der Waals surface area contributed by atoms with Crippen molar-refractivity contribution in [2.75, 3.05) is 6.54 Å². The topological polar surface area (TPSA) is 57.6 Å². The molecular weight excluding hydrogens is 218 g/mol. The van der Waals surface area contributed by atoms with Gasteiger partial charge in [-0.15, -0.1) is 0 Å². The van der Waals surface area contributed by atoms with E-state index in [1.165, 1.54) is 4.90 Å². The molecule has 2 rings (SSSR count). The van der Waals surface area contributed by atoms with Gasteiger partial charge in [0.15, 0.2) is 0 Å². The average molecular weight is 233 g/mol. The lowest BCUT2D eigenvalue weighted by atomic mass is 10.1. The van der Waals surface area contributed by atoms with Crippen molar-refractivity contribution in [2.45, 2.75) is 25.3 Å². The molecule has 1 saturated carbocycles. The first-order valence-electron chi connectivity index (χ1n) is 5.72. The second-order valence-electron chi connectivity index (χ2n) is 4.25. The van der Waals surface area contributed by atoms with Crippen LogP contribution < -0.4 is 0 Å². The third-order valence-electron chi connectivity index (χ3n) is 3.22. The highest BCUT2D eigenvalue weighted by Gasteiger charge is 2.56. The monoisotopic (exact) mass is 233 g/mol. The Morgan fingerprint density at radius 2 is 1.88 bits per heavy atom. The van der Waals surface area contributed by atoms with Crippen LogP contribution in [0.25, 0.3) is 0 Å². The zero-order valence-corrected chi connectivity index (χ0v) is 9.72. The molecule has 0 saturated heterocycles. The first kappa shape index (κ1) is 11.6. The molecule has 0 bridgehead atoms. The molecule has 0 atom stereocenters. The Morgan fingerprint density at radius 3 is 2.29 bits per heavy atom. The SMILES string of the molecule is CCN(C(=O)c1ccccc1)C1(C(=O)O)CC1. The summed E-state index contributed by atoms with van der Waals surface area (Å²) >= 11 is 0. The first-order valence-corrected chi connectivity index (χ1v) is 5.72. The van der Waals surface area contributed by atoms with E-state index in [9.17, 15) is 14.7 Å². The third kappa shape index (κ3) is 1.90. The molecule has 0 unspecified atom stereocenters. The van der Waals surface area contributed by atoms with Gasteiger partial charge in [0.05, 0.1) is 0 Å². The van der Waals surface area contributed by atoms with E-state index < -0.39 is 11.5 Å². The van der Waals surface area contributed by atoms with Crippen molar-refractivity contribution in [3.63, 3.8) is 0 Å². The van der Waals surface area contributed by atoms with E-state index in [4.69, 9.17) is 0 Å². The molecule has 1 N–H and O–H groups in total. The summed E-state index contributed by atoms with van der Waals surface area (Å²) in [5, 5.41) is 9.21. The summed E-state index contributed by atoms with van der Waals surface area (Å²) in [6, 6.07) is 8.81. The number of aliphatic carboxylic acids is 1. The summed E-state index contributed by atoms with van der Waals surface area (Å²) in [4.78, 5) is 24.9. The summed E-state index contributed by atoms with van der Waals surface area (Å²) < 4.78 is 0. The molecule has 90 valence electrons. The van der Waals surface area contributed by atoms with E-state index in [2.05, 4.69) is 0 Å². The quantitative estimate of drug-likeness (QED) is 0.862. The Labute approximate surface area is 99.9 Å². The van der Waals surface area contributed by atoms with Crippen molar-refractivity contribution in [1.29, 1.82) is 0 Å². The highest BCUT2D eigenvalue weighted by molar-refractivity contribution is 5.98. The van der Waals surface area contributed by atoms with Crippen molar-refractivity contribution < 1.29 is 14.7 Å². The Kier molecular flexibility index (Phi) is 2.88. The Morgan fingerprint density at radius 1 is 1.29 bits per heavy atom. The van der Waals surface area contributed by atoms with Gasteiger partial charge < -0.3 is 10.0 Å². The van der Waals surface area contributed by atoms with Crippen LogP contribution in [0.2, 0.25) is 0 Å². The molecule has 4 nitrogen and oxygen atoms in total. The van der Waals surface area contributed by atoms with Crippen LogP contribution in [0.15, 0.2) is 30.3 Å². The van der Waals surface area contributed by atoms with E-state index in [0.29, 0.717) is 24.9 Å². The second kappa shape index (κ2) is 4.20. The molecule has 0 aromatic heterocycles. The number of carboxylic acids is 1. The molecule has 17 heavy (non-hydrogen) atoms. The third-order valence-corrected chi connectivity index (χ3v) is 3.22. The van der Waals surface area contributed by atoms with Crippen molar-refractivity contribution >= 4 is 11.9 Å². The summed E-state index contributed by atoms with van der Waals surface area (Å²) in [5.41, 5.74) is -0.413. The van der Waals surface area contributed by atoms with Gasteiger partial charge in [-0.3, -0.25) is 4.79 Å². The molecule has 0 aliphatic heterocycles. The molecule has 4 heteroatoms. The molecule has 1 amide bonds. The van der Waals surface area contributed by atoms with Gasteiger partial charge in [0, 0.05) is 12.1 Å². The second-order valence-corrected chi connectivity index (χ2v) is 4.25. The maximum atomic E-state index is 12.2. The molecule has 0 radical (unpaired) electrons. The van der Waals surface area contributed by atoms with Gasteiger partial charge >= 0.3 is 5.97 Å². The number of likely N-dealkylation sites (N-methyl/N-ethyl adjacent to an activating group) is 1. The molecule has 1 aliphatic rings. The highest BCUT2D eigenvalue weighted by atomic mass is 16.4. The minimum Gasteiger partial charge on any atom is -0.479 e. The lowest BCUT2D eigenvalue weighted by molar-refractivity contribution is -0.144. The normalized spacial score (nSPS) is 16.3. The number of carboxylic acid groups (broad SMARTS) is 1. The van der Waals surface area contributed by atoms with Crippen LogP contribution in [-0.4, -0.2) is 34.0 Å². The van der Waals surface area contributed by atoms with Gasteiger partial charge in [-0.25, -0.2) is 4.79 Å². The van der Waals surface area contributed by atoms with Crippen LogP contribution in [0, 0.1) is 0 Å². The van der Waals surface area contributed by atoms with E-state index in [-0.39, 0.29) is 5.91 Å². The minimum atomic E-state index is -0.957. The van der Waals surface area contributed by atoms with Gasteiger partial charge in [0.1, 0.15) is 5.54 Å². The van der Waals surface area contributed by atoms with E-state index in [1.54, 1.807) is 24.3 Å². The average Bonchev–Trinajstić information content (AvgIpc) is 3.12. The predicted molar refractivity (Wildman–Crippen MR) is 62.8 cm³/mol. The summed E-state index contributed by atoms with van der Waals surface area (Å²) in [6.45, 7) is 2.23. The van der Waals surface area contributed by atoms with Crippen molar-refractivity contribution in [3.05, 3.63) is 35.9 Å². The van der Waals surface area contributed by atoms with Crippen LogP contribution in [0.3, 0.4) is 0 Å². The zero-order valence-electron chi connectivity index (χ0n) is 9.72. The van der Waals surface area contributed by atoms with Gasteiger partial charge in [-0.2, -0.15) is 0 Å². The van der Waals surface area contributed by atoms with Crippen molar-refractivity contribution in [2.24, 2.45) is 0 Å². The first-order chi connectivity index (χ1) is 8.12. The van der Waals surface area contributed by atoms with Crippen LogP contribution >= 0.6 is 0 Å². The maximum absolute atomic E-state index is 12.2. The van der Waals surface area contributed by atoms with Gasteiger partial charge in [-0.05, 0) is 31.9 Å². The van der Waals surface area contributed by atoms with Crippen LogP contribution in [0.4, 0.5) is 0 Å². The largest absolute Gasteiger partial charge is 0.479 e. The number of carbonyl (C=O) groups is 2. The van der Waals surface area contributed by atoms with Crippen molar-refractivity contribution in [1.82, 2.24) is 4.90 Å². The van der Waals surface area contributed by atoms with E-state index >= 15 is 0 Å². The van der Waals surface area contributed by atoms with Crippen molar-refractivity contribution in [3.8, 4) is 0 Å². The van der Waals surface area contributed by atoms with Gasteiger partial charge in [0.2, 0.25) is 0 Å². The Balaban J connectivity index is 2.26. The fourth-order valence-electron chi connectivity index (χ4n) is 2.09.